The number of ether oxygens (including phenoxy) is 1. The van der Waals surface area contributed by atoms with Gasteiger partial charge in [0.2, 0.25) is 0 Å². The number of benzene rings is 1. The first-order chi connectivity index (χ1) is 11.3. The third-order valence-electron chi connectivity index (χ3n) is 3.93. The Morgan fingerprint density at radius 2 is 2.17 bits per heavy atom. The molecule has 1 aliphatic rings. The summed E-state index contributed by atoms with van der Waals surface area (Å²) >= 11 is 0. The Labute approximate surface area is 135 Å². The normalized spacial score (nSPS) is 17.1. The van der Waals surface area contributed by atoms with Crippen molar-refractivity contribution in [3.05, 3.63) is 48.4 Å². The van der Waals surface area contributed by atoms with Crippen LogP contribution in [-0.4, -0.2) is 41.0 Å². The molecule has 3 rings (SSSR count). The van der Waals surface area contributed by atoms with Gasteiger partial charge in [-0.05, 0) is 25.0 Å². The zero-order valence-corrected chi connectivity index (χ0v) is 13.1. The number of para-hydroxylation sites is 1. The molecular formula is C17H20N4O2. The molecule has 1 aromatic carbocycles. The van der Waals surface area contributed by atoms with Crippen LogP contribution in [-0.2, 0) is 4.79 Å². The number of anilines is 1. The zero-order chi connectivity index (χ0) is 16.1. The molecule has 1 amide bonds. The fourth-order valence-electron chi connectivity index (χ4n) is 2.78. The molecule has 0 radical (unpaired) electrons. The van der Waals surface area contributed by atoms with Crippen LogP contribution in [0.2, 0.25) is 0 Å². The summed E-state index contributed by atoms with van der Waals surface area (Å²) in [6.07, 6.45) is 5.27. The molecule has 0 spiro atoms. The molecule has 23 heavy (non-hydrogen) atoms. The van der Waals surface area contributed by atoms with E-state index in [1.807, 2.05) is 35.2 Å². The summed E-state index contributed by atoms with van der Waals surface area (Å²) in [5.41, 5.74) is 0.822. The van der Waals surface area contributed by atoms with Crippen molar-refractivity contribution in [1.82, 2.24) is 14.9 Å². The average Bonchev–Trinajstić information content (AvgIpc) is 3.10. The molecule has 2 heterocycles. The van der Waals surface area contributed by atoms with Gasteiger partial charge in [0.25, 0.3) is 5.91 Å². The first-order valence-electron chi connectivity index (χ1n) is 7.75. The molecular weight excluding hydrogens is 292 g/mol. The Morgan fingerprint density at radius 1 is 1.35 bits per heavy atom. The Morgan fingerprint density at radius 3 is 2.96 bits per heavy atom. The minimum Gasteiger partial charge on any atom is -0.484 e. The van der Waals surface area contributed by atoms with Gasteiger partial charge in [-0.3, -0.25) is 9.78 Å². The lowest BCUT2D eigenvalue weighted by Gasteiger charge is -2.24. The molecule has 0 saturated carbocycles. The topological polar surface area (TPSA) is 67.4 Å². The van der Waals surface area contributed by atoms with Gasteiger partial charge in [-0.1, -0.05) is 18.2 Å². The van der Waals surface area contributed by atoms with E-state index in [1.165, 1.54) is 0 Å². The Balaban J connectivity index is 1.67. The molecule has 1 saturated heterocycles. The van der Waals surface area contributed by atoms with E-state index in [4.69, 9.17) is 4.74 Å². The Bertz CT molecular complexity index is 663. The number of carbonyl (C=O) groups excluding carboxylic acids is 1. The molecule has 120 valence electrons. The van der Waals surface area contributed by atoms with Gasteiger partial charge in [-0.2, -0.15) is 0 Å². The first-order valence-corrected chi connectivity index (χ1v) is 7.75. The maximum absolute atomic E-state index is 12.5. The molecule has 0 bridgehead atoms. The zero-order valence-electron chi connectivity index (χ0n) is 13.1. The van der Waals surface area contributed by atoms with Gasteiger partial charge in [-0.15, -0.1) is 0 Å². The van der Waals surface area contributed by atoms with Gasteiger partial charge < -0.3 is 15.0 Å². The average molecular weight is 312 g/mol. The van der Waals surface area contributed by atoms with E-state index in [0.717, 1.165) is 25.1 Å². The van der Waals surface area contributed by atoms with Gasteiger partial charge >= 0.3 is 0 Å². The number of hydrogen-bond donors (Lipinski definition) is 1. The first kappa shape index (κ1) is 15.3. The van der Waals surface area contributed by atoms with Crippen LogP contribution < -0.4 is 10.1 Å². The van der Waals surface area contributed by atoms with Crippen LogP contribution in [0.3, 0.4) is 0 Å². The fourth-order valence-corrected chi connectivity index (χ4v) is 2.78. The van der Waals surface area contributed by atoms with Crippen molar-refractivity contribution in [2.75, 3.05) is 25.5 Å². The van der Waals surface area contributed by atoms with E-state index < -0.39 is 0 Å². The summed E-state index contributed by atoms with van der Waals surface area (Å²) in [6.45, 7) is 0.771. The predicted octanol–water partition coefficient (Wildman–Crippen LogP) is 2.26. The highest BCUT2D eigenvalue weighted by Gasteiger charge is 2.31. The third kappa shape index (κ3) is 3.59. The monoisotopic (exact) mass is 312 g/mol. The van der Waals surface area contributed by atoms with Crippen LogP contribution >= 0.6 is 0 Å². The summed E-state index contributed by atoms with van der Waals surface area (Å²) < 4.78 is 5.57. The van der Waals surface area contributed by atoms with Crippen molar-refractivity contribution in [1.29, 1.82) is 0 Å². The minimum atomic E-state index is -0.0253. The van der Waals surface area contributed by atoms with E-state index in [9.17, 15) is 4.79 Å². The van der Waals surface area contributed by atoms with Crippen LogP contribution in [0.1, 0.15) is 24.6 Å². The molecule has 1 aliphatic heterocycles. The van der Waals surface area contributed by atoms with E-state index in [2.05, 4.69) is 15.3 Å². The van der Waals surface area contributed by atoms with Crippen LogP contribution in [0, 0.1) is 0 Å². The number of nitrogens with zero attached hydrogens (tertiary/aromatic N) is 3. The second-order valence-corrected chi connectivity index (χ2v) is 5.43. The lowest BCUT2D eigenvalue weighted by Crippen LogP contribution is -2.34. The number of rotatable bonds is 5. The SMILES string of the molecule is CNc1cncc(C2CCCN2C(=O)COc2ccccc2)n1. The van der Waals surface area contributed by atoms with Crippen molar-refractivity contribution in [2.45, 2.75) is 18.9 Å². The Hall–Kier alpha value is -2.63. The van der Waals surface area contributed by atoms with E-state index in [-0.39, 0.29) is 18.6 Å². The number of nitrogens with one attached hydrogen (secondary N) is 1. The van der Waals surface area contributed by atoms with Crippen molar-refractivity contribution in [3.63, 3.8) is 0 Å². The van der Waals surface area contributed by atoms with Gasteiger partial charge in [0, 0.05) is 13.6 Å². The molecule has 1 aromatic heterocycles. The van der Waals surface area contributed by atoms with Gasteiger partial charge in [0.1, 0.15) is 11.6 Å². The van der Waals surface area contributed by atoms with E-state index in [1.54, 1.807) is 19.4 Å². The van der Waals surface area contributed by atoms with Crippen molar-refractivity contribution < 1.29 is 9.53 Å². The van der Waals surface area contributed by atoms with Crippen LogP contribution in [0.15, 0.2) is 42.7 Å². The molecule has 6 heteroatoms. The van der Waals surface area contributed by atoms with Gasteiger partial charge in [0.15, 0.2) is 6.61 Å². The summed E-state index contributed by atoms with van der Waals surface area (Å²) in [4.78, 5) is 23.0. The molecule has 1 N–H and O–H groups in total. The van der Waals surface area contributed by atoms with Crippen molar-refractivity contribution >= 4 is 11.7 Å². The third-order valence-corrected chi connectivity index (χ3v) is 3.93. The highest BCUT2D eigenvalue weighted by molar-refractivity contribution is 5.78. The van der Waals surface area contributed by atoms with E-state index >= 15 is 0 Å². The molecule has 2 aromatic rings. The summed E-state index contributed by atoms with van der Waals surface area (Å²) in [5.74, 6) is 1.39. The van der Waals surface area contributed by atoms with Crippen molar-refractivity contribution in [2.24, 2.45) is 0 Å². The van der Waals surface area contributed by atoms with E-state index in [0.29, 0.717) is 11.6 Å². The maximum atomic E-state index is 12.5. The van der Waals surface area contributed by atoms with Gasteiger partial charge in [0.05, 0.1) is 24.1 Å². The molecule has 1 atom stereocenters. The quantitative estimate of drug-likeness (QED) is 0.917. The van der Waals surface area contributed by atoms with Crippen molar-refractivity contribution in [3.8, 4) is 5.75 Å². The largest absolute Gasteiger partial charge is 0.484 e. The second kappa shape index (κ2) is 7.09. The molecule has 0 aliphatic carbocycles. The lowest BCUT2D eigenvalue weighted by molar-refractivity contribution is -0.134. The standard InChI is InChI=1S/C17H20N4O2/c1-18-16-11-19-10-14(20-16)15-8-5-9-21(15)17(22)12-23-13-6-3-2-4-7-13/h2-4,6-7,10-11,15H,5,8-9,12H2,1H3,(H,18,20). The molecule has 1 fully saturated rings. The second-order valence-electron chi connectivity index (χ2n) is 5.43. The number of amides is 1. The summed E-state index contributed by atoms with van der Waals surface area (Å²) in [5, 5.41) is 2.98. The number of carbonyl (C=O) groups is 1. The number of aromatic nitrogens is 2. The Kier molecular flexibility index (Phi) is 4.71. The van der Waals surface area contributed by atoms with Crippen LogP contribution in [0.5, 0.6) is 5.75 Å². The maximum Gasteiger partial charge on any atom is 0.261 e. The van der Waals surface area contributed by atoms with Gasteiger partial charge in [-0.25, -0.2) is 4.98 Å². The number of hydrogen-bond acceptors (Lipinski definition) is 5. The fraction of sp³-hybridized carbons (Fsp3) is 0.353. The molecule has 6 nitrogen and oxygen atoms in total. The summed E-state index contributed by atoms with van der Waals surface area (Å²) in [6, 6.07) is 9.35. The number of likely N-dealkylation sites (tertiary alicyclic amines) is 1. The summed E-state index contributed by atoms with van der Waals surface area (Å²) in [7, 11) is 1.80. The van der Waals surface area contributed by atoms with Crippen LogP contribution in [0.4, 0.5) is 5.82 Å². The van der Waals surface area contributed by atoms with Crippen LogP contribution in [0.25, 0.3) is 0 Å². The smallest absolute Gasteiger partial charge is 0.261 e. The highest BCUT2D eigenvalue weighted by atomic mass is 16.5. The minimum absolute atomic E-state index is 0.0204. The molecule has 1 unspecified atom stereocenters. The predicted molar refractivity (Wildman–Crippen MR) is 87.2 cm³/mol. The highest BCUT2D eigenvalue weighted by Crippen LogP contribution is 2.31. The lowest BCUT2D eigenvalue weighted by atomic mass is 10.1.